The van der Waals surface area contributed by atoms with Crippen LogP contribution < -0.4 is 15.5 Å². The molecule has 7 heteroatoms. The minimum atomic E-state index is -0.0507. The Hall–Kier alpha value is -1.82. The minimum Gasteiger partial charge on any atom is -0.378 e. The van der Waals surface area contributed by atoms with Gasteiger partial charge in [0.1, 0.15) is 0 Å². The first kappa shape index (κ1) is 23.2. The van der Waals surface area contributed by atoms with Gasteiger partial charge in [0.15, 0.2) is 0 Å². The van der Waals surface area contributed by atoms with Crippen LogP contribution in [0, 0.1) is 5.92 Å². The summed E-state index contributed by atoms with van der Waals surface area (Å²) in [7, 11) is 4.03. The maximum Gasteiger partial charge on any atom is 0.252 e. The number of hydrogen-bond donors (Lipinski definition) is 2. The van der Waals surface area contributed by atoms with Crippen LogP contribution >= 0.6 is 24.8 Å². The van der Waals surface area contributed by atoms with E-state index in [1.165, 1.54) is 6.42 Å². The molecule has 1 aliphatic heterocycles. The number of carbonyl (C=O) groups is 1. The van der Waals surface area contributed by atoms with Gasteiger partial charge in [-0.3, -0.25) is 9.78 Å². The number of hydrogen-bond acceptors (Lipinski definition) is 4. The van der Waals surface area contributed by atoms with Crippen LogP contribution in [0.2, 0.25) is 0 Å². The van der Waals surface area contributed by atoms with Crippen molar-refractivity contribution in [2.75, 3.05) is 38.6 Å². The number of nitrogens with zero attached hydrogens (tertiary/aromatic N) is 2. The van der Waals surface area contributed by atoms with Gasteiger partial charge in [-0.25, -0.2) is 0 Å². The van der Waals surface area contributed by atoms with E-state index in [9.17, 15) is 4.79 Å². The van der Waals surface area contributed by atoms with Crippen LogP contribution in [-0.2, 0) is 0 Å². The van der Waals surface area contributed by atoms with Crippen molar-refractivity contribution in [3.63, 3.8) is 0 Å². The van der Waals surface area contributed by atoms with Crippen molar-refractivity contribution in [2.45, 2.75) is 12.8 Å². The maximum absolute atomic E-state index is 12.4. The first-order valence-corrected chi connectivity index (χ1v) is 8.85. The maximum atomic E-state index is 12.4. The number of carbonyl (C=O) groups excluding carboxylic acids is 1. The molecule has 1 amide bonds. The zero-order valence-electron chi connectivity index (χ0n) is 15.8. The highest BCUT2D eigenvalue weighted by atomic mass is 35.5. The number of halogens is 2. The molecule has 0 radical (unpaired) electrons. The summed E-state index contributed by atoms with van der Waals surface area (Å²) in [5.74, 6) is 0.630. The van der Waals surface area contributed by atoms with Crippen LogP contribution in [-0.4, -0.2) is 44.6 Å². The molecule has 1 atom stereocenters. The van der Waals surface area contributed by atoms with E-state index in [4.69, 9.17) is 0 Å². The highest BCUT2D eigenvalue weighted by Crippen LogP contribution is 2.22. The van der Waals surface area contributed by atoms with Gasteiger partial charge in [-0.15, -0.1) is 24.8 Å². The number of anilines is 1. The second kappa shape index (κ2) is 11.1. The summed E-state index contributed by atoms with van der Waals surface area (Å²) in [6, 6.07) is 10.2. The van der Waals surface area contributed by atoms with Crippen molar-refractivity contribution in [1.29, 1.82) is 0 Å². The Bertz CT molecular complexity index is 716. The Morgan fingerprint density at radius 1 is 1.19 bits per heavy atom. The first-order chi connectivity index (χ1) is 12.1. The van der Waals surface area contributed by atoms with Gasteiger partial charge in [0, 0.05) is 44.3 Å². The lowest BCUT2D eigenvalue weighted by atomic mass is 10.0. The summed E-state index contributed by atoms with van der Waals surface area (Å²) in [6.07, 6.45) is 5.66. The molecule has 1 saturated heterocycles. The Kier molecular flexibility index (Phi) is 9.56. The van der Waals surface area contributed by atoms with Crippen molar-refractivity contribution in [2.24, 2.45) is 5.92 Å². The monoisotopic (exact) mass is 410 g/mol. The van der Waals surface area contributed by atoms with E-state index in [-0.39, 0.29) is 30.7 Å². The second-order valence-corrected chi connectivity index (χ2v) is 6.81. The fraction of sp³-hybridized carbons (Fsp3) is 0.400. The number of amides is 1. The second-order valence-electron chi connectivity index (χ2n) is 6.81. The fourth-order valence-electron chi connectivity index (χ4n) is 3.13. The standard InChI is InChI=1S/C20H26N4O.2ClH/c1-24(2)19-5-3-16(4-6-19)17-11-18(14-22-13-17)20(25)23-10-8-15-7-9-21-12-15;;/h3-6,11,13-15,21H,7-10,12H2,1-2H3,(H,23,25);2*1H. The average Bonchev–Trinajstić information content (AvgIpc) is 3.15. The zero-order chi connectivity index (χ0) is 17.6. The lowest BCUT2D eigenvalue weighted by Crippen LogP contribution is -2.26. The van der Waals surface area contributed by atoms with Crippen LogP contribution in [0.15, 0.2) is 42.7 Å². The Balaban J connectivity index is 0.00000182. The molecule has 2 N–H and O–H groups in total. The molecule has 0 saturated carbocycles. The normalized spacial score (nSPS) is 15.4. The largest absolute Gasteiger partial charge is 0.378 e. The Labute approximate surface area is 173 Å². The molecule has 2 aromatic rings. The molecule has 1 aromatic heterocycles. The fourth-order valence-corrected chi connectivity index (χ4v) is 3.13. The van der Waals surface area contributed by atoms with Gasteiger partial charge in [0.05, 0.1) is 5.56 Å². The van der Waals surface area contributed by atoms with Crippen molar-refractivity contribution < 1.29 is 4.79 Å². The van der Waals surface area contributed by atoms with Crippen LogP contribution in [0.3, 0.4) is 0 Å². The minimum absolute atomic E-state index is 0. The molecule has 1 unspecified atom stereocenters. The summed E-state index contributed by atoms with van der Waals surface area (Å²) in [5.41, 5.74) is 3.77. The van der Waals surface area contributed by atoms with Crippen molar-refractivity contribution in [3.8, 4) is 11.1 Å². The molecular weight excluding hydrogens is 383 g/mol. The van der Waals surface area contributed by atoms with Crippen molar-refractivity contribution >= 4 is 36.4 Å². The van der Waals surface area contributed by atoms with Crippen LogP contribution in [0.4, 0.5) is 5.69 Å². The molecule has 1 fully saturated rings. The SMILES string of the molecule is CN(C)c1ccc(-c2cncc(C(=O)NCCC3CCNC3)c2)cc1.Cl.Cl. The zero-order valence-corrected chi connectivity index (χ0v) is 17.4. The highest BCUT2D eigenvalue weighted by molar-refractivity contribution is 5.95. The van der Waals surface area contributed by atoms with Gasteiger partial charge < -0.3 is 15.5 Å². The van der Waals surface area contributed by atoms with Gasteiger partial charge in [0.2, 0.25) is 0 Å². The summed E-state index contributed by atoms with van der Waals surface area (Å²) < 4.78 is 0. The van der Waals surface area contributed by atoms with Crippen molar-refractivity contribution in [3.05, 3.63) is 48.3 Å². The molecule has 1 aromatic carbocycles. The van der Waals surface area contributed by atoms with E-state index in [0.29, 0.717) is 18.0 Å². The van der Waals surface area contributed by atoms with Crippen LogP contribution in [0.1, 0.15) is 23.2 Å². The molecule has 5 nitrogen and oxygen atoms in total. The predicted octanol–water partition coefficient (Wildman–Crippen LogP) is 3.39. The number of rotatable bonds is 6. The molecule has 27 heavy (non-hydrogen) atoms. The molecular formula is C20H28Cl2N4O. The number of benzene rings is 1. The number of aromatic nitrogens is 1. The quantitative estimate of drug-likeness (QED) is 0.765. The lowest BCUT2D eigenvalue weighted by molar-refractivity contribution is 0.0951. The molecule has 0 bridgehead atoms. The summed E-state index contributed by atoms with van der Waals surface area (Å²) in [4.78, 5) is 18.7. The smallest absolute Gasteiger partial charge is 0.252 e. The Morgan fingerprint density at radius 2 is 1.93 bits per heavy atom. The molecule has 0 spiro atoms. The third-order valence-electron chi connectivity index (χ3n) is 4.72. The third kappa shape index (κ3) is 6.38. The van der Waals surface area contributed by atoms with E-state index in [1.807, 2.05) is 20.2 Å². The van der Waals surface area contributed by atoms with Gasteiger partial charge in [-0.05, 0) is 55.6 Å². The molecule has 148 valence electrons. The van der Waals surface area contributed by atoms with E-state index >= 15 is 0 Å². The van der Waals surface area contributed by atoms with Gasteiger partial charge >= 0.3 is 0 Å². The topological polar surface area (TPSA) is 57.3 Å². The van der Waals surface area contributed by atoms with E-state index in [0.717, 1.165) is 36.3 Å². The highest BCUT2D eigenvalue weighted by Gasteiger charge is 2.14. The Morgan fingerprint density at radius 3 is 2.56 bits per heavy atom. The van der Waals surface area contributed by atoms with Gasteiger partial charge in [0.25, 0.3) is 5.91 Å². The van der Waals surface area contributed by atoms with E-state index in [2.05, 4.69) is 44.8 Å². The third-order valence-corrected chi connectivity index (χ3v) is 4.72. The molecule has 0 aliphatic carbocycles. The summed E-state index contributed by atoms with van der Waals surface area (Å²) in [5, 5.41) is 6.37. The van der Waals surface area contributed by atoms with Gasteiger partial charge in [-0.1, -0.05) is 12.1 Å². The van der Waals surface area contributed by atoms with E-state index < -0.39 is 0 Å². The summed E-state index contributed by atoms with van der Waals surface area (Å²) in [6.45, 7) is 2.87. The number of pyridine rings is 1. The van der Waals surface area contributed by atoms with Crippen LogP contribution in [0.5, 0.6) is 0 Å². The molecule has 3 rings (SSSR count). The number of nitrogens with one attached hydrogen (secondary N) is 2. The van der Waals surface area contributed by atoms with Crippen LogP contribution in [0.25, 0.3) is 11.1 Å². The molecule has 1 aliphatic rings. The summed E-state index contributed by atoms with van der Waals surface area (Å²) >= 11 is 0. The predicted molar refractivity (Wildman–Crippen MR) is 116 cm³/mol. The molecule has 2 heterocycles. The average molecular weight is 411 g/mol. The lowest BCUT2D eigenvalue weighted by Gasteiger charge is -2.13. The van der Waals surface area contributed by atoms with Gasteiger partial charge in [-0.2, -0.15) is 0 Å². The van der Waals surface area contributed by atoms with Crippen molar-refractivity contribution in [1.82, 2.24) is 15.6 Å². The first-order valence-electron chi connectivity index (χ1n) is 8.85. The van der Waals surface area contributed by atoms with E-state index in [1.54, 1.807) is 12.4 Å².